The van der Waals surface area contributed by atoms with E-state index in [1.165, 1.54) is 0 Å². The second kappa shape index (κ2) is 3.98. The van der Waals surface area contributed by atoms with Gasteiger partial charge in [-0.15, -0.1) is 0 Å². The van der Waals surface area contributed by atoms with Crippen molar-refractivity contribution in [1.82, 2.24) is 4.98 Å². The van der Waals surface area contributed by atoms with Gasteiger partial charge in [0.15, 0.2) is 0 Å². The Balaban J connectivity index is 2.38. The molecule has 0 saturated carbocycles. The van der Waals surface area contributed by atoms with Crippen LogP contribution in [0.3, 0.4) is 0 Å². The minimum absolute atomic E-state index is 0.0349. The molecule has 4 N–H and O–H groups in total. The van der Waals surface area contributed by atoms with Gasteiger partial charge in [0.05, 0.1) is 10.5 Å². The lowest BCUT2D eigenvalue weighted by atomic mass is 10.1. The van der Waals surface area contributed by atoms with Crippen LogP contribution in [0.2, 0.25) is 0 Å². The summed E-state index contributed by atoms with van der Waals surface area (Å²) in [5, 5.41) is 10.6. The molecule has 0 unspecified atom stereocenters. The van der Waals surface area contributed by atoms with E-state index < -0.39 is 10.8 Å². The van der Waals surface area contributed by atoms with E-state index in [-0.39, 0.29) is 17.3 Å². The first-order valence-corrected chi connectivity index (χ1v) is 4.94. The van der Waals surface area contributed by atoms with Crippen molar-refractivity contribution >= 4 is 17.4 Å². The summed E-state index contributed by atoms with van der Waals surface area (Å²) < 4.78 is 0. The molecule has 1 saturated heterocycles. The van der Waals surface area contributed by atoms with Crippen molar-refractivity contribution in [2.24, 2.45) is 11.5 Å². The second-order valence-corrected chi connectivity index (χ2v) is 3.85. The Bertz CT molecular complexity index is 484. The molecule has 1 aliphatic rings. The Morgan fingerprint density at radius 2 is 2.24 bits per heavy atom. The molecule has 0 radical (unpaired) electrons. The van der Waals surface area contributed by atoms with E-state index in [0.29, 0.717) is 18.9 Å². The van der Waals surface area contributed by atoms with E-state index in [9.17, 15) is 14.9 Å². The maximum atomic E-state index is 11.2. The van der Waals surface area contributed by atoms with Crippen LogP contribution < -0.4 is 16.4 Å². The molecule has 2 rings (SSSR count). The predicted octanol–water partition coefficient (Wildman–Crippen LogP) is -0.764. The van der Waals surface area contributed by atoms with Gasteiger partial charge in [-0.25, -0.2) is 4.98 Å². The van der Waals surface area contributed by atoms with Crippen LogP contribution in [0.1, 0.15) is 10.4 Å². The van der Waals surface area contributed by atoms with E-state index >= 15 is 0 Å². The van der Waals surface area contributed by atoms with Crippen molar-refractivity contribution < 1.29 is 9.72 Å². The van der Waals surface area contributed by atoms with E-state index in [4.69, 9.17) is 11.5 Å². The van der Waals surface area contributed by atoms with Crippen molar-refractivity contribution in [1.29, 1.82) is 0 Å². The molecule has 0 spiro atoms. The number of nitrogens with two attached hydrogens (primary N) is 2. The van der Waals surface area contributed by atoms with E-state index in [2.05, 4.69) is 4.98 Å². The maximum Gasteiger partial charge on any atom is 0.288 e. The fourth-order valence-corrected chi connectivity index (χ4v) is 1.67. The van der Waals surface area contributed by atoms with Crippen LogP contribution >= 0.6 is 0 Å². The summed E-state index contributed by atoms with van der Waals surface area (Å²) in [6, 6.07) is 1.17. The molecule has 0 aromatic carbocycles. The van der Waals surface area contributed by atoms with Gasteiger partial charge in [-0.2, -0.15) is 0 Å². The van der Waals surface area contributed by atoms with Gasteiger partial charge in [0.1, 0.15) is 12.0 Å². The van der Waals surface area contributed by atoms with Crippen LogP contribution in [0.5, 0.6) is 0 Å². The fourth-order valence-electron chi connectivity index (χ4n) is 1.67. The Hall–Kier alpha value is -2.22. The Labute approximate surface area is 96.4 Å². The first kappa shape index (κ1) is 11.3. The summed E-state index contributed by atoms with van der Waals surface area (Å²) in [6.45, 7) is 1.12. The number of carbonyl (C=O) groups is 1. The zero-order chi connectivity index (χ0) is 12.6. The molecule has 1 aromatic heterocycles. The van der Waals surface area contributed by atoms with E-state index in [0.717, 1.165) is 12.3 Å². The highest BCUT2D eigenvalue weighted by Gasteiger charge is 2.28. The monoisotopic (exact) mass is 237 g/mol. The summed E-state index contributed by atoms with van der Waals surface area (Å²) >= 11 is 0. The Morgan fingerprint density at radius 3 is 2.71 bits per heavy atom. The molecule has 90 valence electrons. The second-order valence-electron chi connectivity index (χ2n) is 3.85. The predicted molar refractivity (Wildman–Crippen MR) is 59.6 cm³/mol. The number of nitrogens with zero attached hydrogens (tertiary/aromatic N) is 3. The van der Waals surface area contributed by atoms with Crippen molar-refractivity contribution in [3.8, 4) is 0 Å². The molecule has 0 aliphatic carbocycles. The fraction of sp³-hybridized carbons (Fsp3) is 0.333. The molecular weight excluding hydrogens is 226 g/mol. The zero-order valence-electron chi connectivity index (χ0n) is 8.87. The van der Waals surface area contributed by atoms with E-state index in [1.54, 1.807) is 4.90 Å². The summed E-state index contributed by atoms with van der Waals surface area (Å²) in [4.78, 5) is 26.8. The van der Waals surface area contributed by atoms with Gasteiger partial charge < -0.3 is 16.4 Å². The molecule has 1 aromatic rings. The van der Waals surface area contributed by atoms with Crippen molar-refractivity contribution in [3.63, 3.8) is 0 Å². The molecule has 1 amide bonds. The topological polar surface area (TPSA) is 128 Å². The number of amides is 1. The number of anilines is 1. The summed E-state index contributed by atoms with van der Waals surface area (Å²) in [5.41, 5.74) is 10.6. The van der Waals surface area contributed by atoms with Crippen molar-refractivity contribution in [3.05, 3.63) is 27.9 Å². The summed E-state index contributed by atoms with van der Waals surface area (Å²) in [6.07, 6.45) is 1.10. The number of primary amides is 1. The number of pyridine rings is 1. The molecule has 2 heterocycles. The highest BCUT2D eigenvalue weighted by atomic mass is 16.6. The Kier molecular flexibility index (Phi) is 2.64. The molecule has 0 atom stereocenters. The average molecular weight is 237 g/mol. The van der Waals surface area contributed by atoms with Gasteiger partial charge in [0, 0.05) is 25.2 Å². The molecule has 17 heavy (non-hydrogen) atoms. The van der Waals surface area contributed by atoms with Crippen LogP contribution in [-0.2, 0) is 0 Å². The van der Waals surface area contributed by atoms with Gasteiger partial charge in [0.2, 0.25) is 0 Å². The number of rotatable bonds is 3. The third kappa shape index (κ3) is 2.02. The van der Waals surface area contributed by atoms with Crippen LogP contribution in [0.25, 0.3) is 0 Å². The molecule has 8 heteroatoms. The summed E-state index contributed by atoms with van der Waals surface area (Å²) in [7, 11) is 0. The van der Waals surface area contributed by atoms with Crippen LogP contribution in [0, 0.1) is 10.1 Å². The molecule has 8 nitrogen and oxygen atoms in total. The van der Waals surface area contributed by atoms with Crippen molar-refractivity contribution in [2.75, 3.05) is 18.0 Å². The molecule has 1 aliphatic heterocycles. The summed E-state index contributed by atoms with van der Waals surface area (Å²) in [5.74, 6) is -0.388. The molecular formula is C9H11N5O3. The highest BCUT2D eigenvalue weighted by Crippen LogP contribution is 2.25. The number of carbonyl (C=O) groups excluding carboxylic acids is 1. The minimum atomic E-state index is -0.739. The van der Waals surface area contributed by atoms with Gasteiger partial charge in [-0.05, 0) is 0 Å². The normalized spacial score (nSPS) is 15.5. The van der Waals surface area contributed by atoms with Gasteiger partial charge in [0.25, 0.3) is 11.6 Å². The zero-order valence-corrected chi connectivity index (χ0v) is 8.87. The van der Waals surface area contributed by atoms with E-state index in [1.807, 2.05) is 0 Å². The lowest BCUT2D eigenvalue weighted by Crippen LogP contribution is -2.56. The van der Waals surface area contributed by atoms with Gasteiger partial charge in [-0.1, -0.05) is 0 Å². The average Bonchev–Trinajstić information content (AvgIpc) is 2.24. The molecule has 1 fully saturated rings. The Morgan fingerprint density at radius 1 is 1.59 bits per heavy atom. The van der Waals surface area contributed by atoms with Crippen LogP contribution in [0.4, 0.5) is 11.5 Å². The largest absolute Gasteiger partial charge is 0.365 e. The van der Waals surface area contributed by atoms with Gasteiger partial charge >= 0.3 is 0 Å². The number of hydrogen-bond acceptors (Lipinski definition) is 6. The first-order valence-electron chi connectivity index (χ1n) is 4.94. The number of hydrogen-bond donors (Lipinski definition) is 2. The van der Waals surface area contributed by atoms with Crippen LogP contribution in [0.15, 0.2) is 12.3 Å². The smallest absolute Gasteiger partial charge is 0.288 e. The standard InChI is InChI=1S/C9H11N5O3/c10-5-3-13(4-5)9-7(8(11)15)1-6(2-12-9)14(16)17/h1-2,5H,3-4,10H2,(H2,11,15). The lowest BCUT2D eigenvalue weighted by molar-refractivity contribution is -0.385. The minimum Gasteiger partial charge on any atom is -0.365 e. The number of aromatic nitrogens is 1. The number of nitro groups is 1. The molecule has 0 bridgehead atoms. The SMILES string of the molecule is NC(=O)c1cc([N+](=O)[O-])cnc1N1CC(N)C1. The van der Waals surface area contributed by atoms with Crippen molar-refractivity contribution in [2.45, 2.75) is 6.04 Å². The third-order valence-corrected chi connectivity index (χ3v) is 2.54. The van der Waals surface area contributed by atoms with Gasteiger partial charge in [-0.3, -0.25) is 14.9 Å². The third-order valence-electron chi connectivity index (χ3n) is 2.54. The first-order chi connectivity index (χ1) is 7.99. The quantitative estimate of drug-likeness (QED) is 0.525. The maximum absolute atomic E-state index is 11.2. The lowest BCUT2D eigenvalue weighted by Gasteiger charge is -2.38. The van der Waals surface area contributed by atoms with Crippen LogP contribution in [-0.4, -0.2) is 34.9 Å². The highest BCUT2D eigenvalue weighted by molar-refractivity contribution is 5.98.